The lowest BCUT2D eigenvalue weighted by molar-refractivity contribution is -0.137. The Kier molecular flexibility index (Phi) is 5.24. The van der Waals surface area contributed by atoms with Crippen LogP contribution in [-0.4, -0.2) is 38.0 Å². The molecule has 1 aliphatic heterocycles. The molecule has 1 aromatic rings. The molecule has 120 valence electrons. The minimum Gasteiger partial charge on any atom is -0.356 e. The lowest BCUT2D eigenvalue weighted by Gasteiger charge is -2.16. The zero-order valence-corrected chi connectivity index (χ0v) is 11.8. The lowest BCUT2D eigenvalue weighted by Crippen LogP contribution is -2.43. The number of rotatable bonds is 4. The third-order valence-corrected chi connectivity index (χ3v) is 3.07. The van der Waals surface area contributed by atoms with E-state index < -0.39 is 17.6 Å². The Hall–Kier alpha value is -2.25. The zero-order valence-electron chi connectivity index (χ0n) is 11.8. The van der Waals surface area contributed by atoms with Gasteiger partial charge in [0.1, 0.15) is 0 Å². The minimum absolute atomic E-state index is 0.195. The molecule has 0 aromatic heterocycles. The van der Waals surface area contributed by atoms with Gasteiger partial charge < -0.3 is 16.0 Å². The van der Waals surface area contributed by atoms with Crippen LogP contribution in [-0.2, 0) is 6.18 Å². The normalized spacial score (nSPS) is 14.8. The van der Waals surface area contributed by atoms with E-state index >= 15 is 0 Å². The first-order chi connectivity index (χ1) is 10.5. The number of nitrogens with one attached hydrogen (secondary N) is 3. The monoisotopic (exact) mass is 314 g/mol. The van der Waals surface area contributed by atoms with E-state index in [0.717, 1.165) is 31.6 Å². The molecule has 8 heteroatoms. The maximum Gasteiger partial charge on any atom is 0.416 e. The highest BCUT2D eigenvalue weighted by Gasteiger charge is 2.30. The molecule has 22 heavy (non-hydrogen) atoms. The van der Waals surface area contributed by atoms with Crippen molar-refractivity contribution in [1.29, 1.82) is 0 Å². The Balaban J connectivity index is 1.76. The van der Waals surface area contributed by atoms with Crippen molar-refractivity contribution in [2.45, 2.75) is 12.6 Å². The van der Waals surface area contributed by atoms with Crippen LogP contribution in [0, 0.1) is 0 Å². The summed E-state index contributed by atoms with van der Waals surface area (Å²) in [7, 11) is 0. The van der Waals surface area contributed by atoms with Crippen molar-refractivity contribution >= 4 is 11.9 Å². The van der Waals surface area contributed by atoms with Gasteiger partial charge >= 0.3 is 6.18 Å². The summed E-state index contributed by atoms with van der Waals surface area (Å²) >= 11 is 0. The van der Waals surface area contributed by atoms with Gasteiger partial charge in [0, 0.05) is 31.7 Å². The Labute approximate surface area is 126 Å². The average molecular weight is 314 g/mol. The Morgan fingerprint density at radius 1 is 1.23 bits per heavy atom. The molecule has 0 bridgehead atoms. The van der Waals surface area contributed by atoms with Gasteiger partial charge in [0.25, 0.3) is 5.91 Å². The first-order valence-corrected chi connectivity index (χ1v) is 6.94. The van der Waals surface area contributed by atoms with E-state index in [9.17, 15) is 18.0 Å². The number of carbonyl (C=O) groups is 1. The fourth-order valence-electron chi connectivity index (χ4n) is 1.92. The summed E-state index contributed by atoms with van der Waals surface area (Å²) in [6.45, 7) is 2.47. The van der Waals surface area contributed by atoms with Gasteiger partial charge in [-0.1, -0.05) is 0 Å². The standard InChI is InChI=1S/C14H17F3N4O/c15-14(16,17)11-4-2-10(3-5-11)12(22)18-8-9-21-13-19-6-1-7-20-13/h2-5H,1,6-9H2,(H,18,22)(H2,19,20,21). The fraction of sp³-hybridized carbons (Fsp3) is 0.429. The number of alkyl halides is 3. The number of carbonyl (C=O) groups excluding carboxylic acids is 1. The number of hydrogen-bond acceptors (Lipinski definition) is 4. The predicted octanol–water partition coefficient (Wildman–Crippen LogP) is 1.37. The van der Waals surface area contributed by atoms with Crippen LogP contribution >= 0.6 is 0 Å². The van der Waals surface area contributed by atoms with Crippen LogP contribution < -0.4 is 16.0 Å². The van der Waals surface area contributed by atoms with Gasteiger partial charge in [0.05, 0.1) is 5.56 Å². The van der Waals surface area contributed by atoms with Gasteiger partial charge in [-0.2, -0.15) is 13.2 Å². The van der Waals surface area contributed by atoms with E-state index in [4.69, 9.17) is 0 Å². The van der Waals surface area contributed by atoms with Crippen LogP contribution in [0.4, 0.5) is 13.2 Å². The molecule has 0 aliphatic carbocycles. The van der Waals surface area contributed by atoms with Crippen LogP contribution in [0.15, 0.2) is 29.3 Å². The molecule has 5 nitrogen and oxygen atoms in total. The van der Waals surface area contributed by atoms with Crippen molar-refractivity contribution < 1.29 is 18.0 Å². The highest BCUT2D eigenvalue weighted by Crippen LogP contribution is 2.28. The van der Waals surface area contributed by atoms with Crippen molar-refractivity contribution in [2.75, 3.05) is 26.2 Å². The molecule has 3 N–H and O–H groups in total. The number of halogens is 3. The number of hydrogen-bond donors (Lipinski definition) is 3. The maximum atomic E-state index is 12.4. The first kappa shape index (κ1) is 16.1. The number of amides is 1. The molecule has 1 heterocycles. The van der Waals surface area contributed by atoms with Crippen LogP contribution in [0.2, 0.25) is 0 Å². The molecule has 1 aliphatic rings. The zero-order chi connectivity index (χ0) is 16.0. The van der Waals surface area contributed by atoms with Crippen LogP contribution in [0.3, 0.4) is 0 Å². The highest BCUT2D eigenvalue weighted by atomic mass is 19.4. The van der Waals surface area contributed by atoms with E-state index in [2.05, 4.69) is 20.9 Å². The SMILES string of the molecule is O=C(NCCNC1=NCCCN1)c1ccc(C(F)(F)F)cc1. The van der Waals surface area contributed by atoms with Crippen LogP contribution in [0.1, 0.15) is 22.3 Å². The average Bonchev–Trinajstić information content (AvgIpc) is 2.52. The van der Waals surface area contributed by atoms with Gasteiger partial charge in [-0.15, -0.1) is 0 Å². The molecule has 0 fully saturated rings. The van der Waals surface area contributed by atoms with E-state index in [1.165, 1.54) is 12.1 Å². The topological polar surface area (TPSA) is 65.5 Å². The largest absolute Gasteiger partial charge is 0.416 e. The van der Waals surface area contributed by atoms with Crippen LogP contribution in [0.25, 0.3) is 0 Å². The second-order valence-corrected chi connectivity index (χ2v) is 4.77. The fourth-order valence-corrected chi connectivity index (χ4v) is 1.92. The number of benzene rings is 1. The smallest absolute Gasteiger partial charge is 0.356 e. The summed E-state index contributed by atoms with van der Waals surface area (Å²) in [5, 5.41) is 8.74. The first-order valence-electron chi connectivity index (χ1n) is 6.94. The molecule has 0 spiro atoms. The summed E-state index contributed by atoms with van der Waals surface area (Å²) in [5.41, 5.74) is -0.576. The summed E-state index contributed by atoms with van der Waals surface area (Å²) in [4.78, 5) is 16.0. The lowest BCUT2D eigenvalue weighted by atomic mass is 10.1. The minimum atomic E-state index is -4.40. The summed E-state index contributed by atoms with van der Waals surface area (Å²) in [6.07, 6.45) is -3.40. The third kappa shape index (κ3) is 4.64. The van der Waals surface area contributed by atoms with E-state index in [1.807, 2.05) is 0 Å². The van der Waals surface area contributed by atoms with Crippen molar-refractivity contribution in [3.8, 4) is 0 Å². The molecule has 0 unspecified atom stereocenters. The second-order valence-electron chi connectivity index (χ2n) is 4.77. The van der Waals surface area contributed by atoms with E-state index in [0.29, 0.717) is 19.0 Å². The Morgan fingerprint density at radius 3 is 2.55 bits per heavy atom. The molecule has 0 atom stereocenters. The van der Waals surface area contributed by atoms with Crippen molar-refractivity contribution in [2.24, 2.45) is 4.99 Å². The molecule has 2 rings (SSSR count). The molecule has 0 saturated carbocycles. The molecular weight excluding hydrogens is 297 g/mol. The van der Waals surface area contributed by atoms with Crippen molar-refractivity contribution in [3.63, 3.8) is 0 Å². The van der Waals surface area contributed by atoms with Gasteiger partial charge in [-0.3, -0.25) is 9.79 Å². The Morgan fingerprint density at radius 2 is 1.95 bits per heavy atom. The molecule has 0 radical (unpaired) electrons. The predicted molar refractivity (Wildman–Crippen MR) is 76.7 cm³/mol. The molecule has 0 saturated heterocycles. The number of aliphatic imine (C=N–C) groups is 1. The summed E-state index contributed by atoms with van der Waals surface area (Å²) in [5.74, 6) is 0.295. The highest BCUT2D eigenvalue weighted by molar-refractivity contribution is 5.94. The van der Waals surface area contributed by atoms with Gasteiger partial charge in [0.2, 0.25) is 0 Å². The van der Waals surface area contributed by atoms with E-state index in [1.54, 1.807) is 0 Å². The van der Waals surface area contributed by atoms with Gasteiger partial charge in [-0.25, -0.2) is 0 Å². The quantitative estimate of drug-likeness (QED) is 0.736. The number of guanidine groups is 1. The van der Waals surface area contributed by atoms with Crippen LogP contribution in [0.5, 0.6) is 0 Å². The number of nitrogens with zero attached hydrogens (tertiary/aromatic N) is 1. The molecular formula is C14H17F3N4O. The van der Waals surface area contributed by atoms with Crippen molar-refractivity contribution in [1.82, 2.24) is 16.0 Å². The van der Waals surface area contributed by atoms with Gasteiger partial charge in [-0.05, 0) is 30.7 Å². The second kappa shape index (κ2) is 7.15. The summed E-state index contributed by atoms with van der Waals surface area (Å²) in [6, 6.07) is 4.12. The van der Waals surface area contributed by atoms with E-state index in [-0.39, 0.29) is 5.56 Å². The Bertz CT molecular complexity index is 540. The summed E-state index contributed by atoms with van der Waals surface area (Å²) < 4.78 is 37.3. The van der Waals surface area contributed by atoms with Crippen molar-refractivity contribution in [3.05, 3.63) is 35.4 Å². The maximum absolute atomic E-state index is 12.4. The third-order valence-electron chi connectivity index (χ3n) is 3.07. The van der Waals surface area contributed by atoms with Gasteiger partial charge in [0.15, 0.2) is 5.96 Å². The molecule has 1 aromatic carbocycles. The molecule has 1 amide bonds.